The lowest BCUT2D eigenvalue weighted by Crippen LogP contribution is -2.18. The fourth-order valence-corrected chi connectivity index (χ4v) is 3.29. The minimum atomic E-state index is -3.74. The SMILES string of the molecule is CCOc1ccc(S(=O)(=O)NN=Cc2ccc(OCc3ccccc3)cc2)cc1. The molecular weight excluding hydrogens is 388 g/mol. The largest absolute Gasteiger partial charge is 0.494 e. The summed E-state index contributed by atoms with van der Waals surface area (Å²) in [7, 11) is -3.74. The number of sulfonamides is 1. The predicted molar refractivity (Wildman–Crippen MR) is 113 cm³/mol. The molecule has 0 spiro atoms. The zero-order chi connectivity index (χ0) is 20.5. The van der Waals surface area contributed by atoms with Gasteiger partial charge in [0.1, 0.15) is 18.1 Å². The maximum Gasteiger partial charge on any atom is 0.276 e. The van der Waals surface area contributed by atoms with Crippen molar-refractivity contribution in [3.8, 4) is 11.5 Å². The summed E-state index contributed by atoms with van der Waals surface area (Å²) >= 11 is 0. The maximum absolute atomic E-state index is 12.3. The lowest BCUT2D eigenvalue weighted by atomic mass is 10.2. The normalized spacial score (nSPS) is 11.3. The van der Waals surface area contributed by atoms with Gasteiger partial charge in [0.15, 0.2) is 0 Å². The van der Waals surface area contributed by atoms with Crippen LogP contribution in [0.1, 0.15) is 18.1 Å². The monoisotopic (exact) mass is 410 g/mol. The van der Waals surface area contributed by atoms with Crippen LogP contribution in [0.5, 0.6) is 11.5 Å². The topological polar surface area (TPSA) is 77.0 Å². The Kier molecular flexibility index (Phi) is 6.86. The summed E-state index contributed by atoms with van der Waals surface area (Å²) in [6.45, 7) is 2.86. The van der Waals surface area contributed by atoms with Gasteiger partial charge in [-0.2, -0.15) is 13.5 Å². The molecule has 0 unspecified atom stereocenters. The lowest BCUT2D eigenvalue weighted by molar-refractivity contribution is 0.306. The Morgan fingerprint density at radius 2 is 1.48 bits per heavy atom. The third-order valence-electron chi connectivity index (χ3n) is 3.96. The van der Waals surface area contributed by atoms with Crippen LogP contribution < -0.4 is 14.3 Å². The van der Waals surface area contributed by atoms with Crippen molar-refractivity contribution in [2.45, 2.75) is 18.4 Å². The molecule has 0 aliphatic rings. The first-order chi connectivity index (χ1) is 14.1. The van der Waals surface area contributed by atoms with Crippen LogP contribution in [0.15, 0.2) is 88.9 Å². The predicted octanol–water partition coefficient (Wildman–Crippen LogP) is 3.98. The highest BCUT2D eigenvalue weighted by Gasteiger charge is 2.12. The Balaban J connectivity index is 1.55. The molecule has 150 valence electrons. The fourth-order valence-electron chi connectivity index (χ4n) is 2.50. The molecule has 0 heterocycles. The van der Waals surface area contributed by atoms with Gasteiger partial charge in [0, 0.05) is 0 Å². The summed E-state index contributed by atoms with van der Waals surface area (Å²) in [5, 5.41) is 3.84. The standard InChI is InChI=1S/C22H22N2O4S/c1-2-27-20-12-14-22(15-13-20)29(25,26)24-23-16-18-8-10-21(11-9-18)28-17-19-6-4-3-5-7-19/h3-16,24H,2,17H2,1H3. The smallest absolute Gasteiger partial charge is 0.276 e. The molecule has 0 aliphatic carbocycles. The molecule has 0 saturated carbocycles. The van der Waals surface area contributed by atoms with Gasteiger partial charge >= 0.3 is 0 Å². The molecule has 0 amide bonds. The van der Waals surface area contributed by atoms with Crippen molar-refractivity contribution in [1.29, 1.82) is 0 Å². The van der Waals surface area contributed by atoms with Crippen molar-refractivity contribution in [3.63, 3.8) is 0 Å². The molecule has 0 atom stereocenters. The third-order valence-corrected chi connectivity index (χ3v) is 5.20. The zero-order valence-electron chi connectivity index (χ0n) is 16.0. The maximum atomic E-state index is 12.3. The molecule has 1 N–H and O–H groups in total. The molecule has 0 bridgehead atoms. The molecule has 0 aliphatic heterocycles. The molecule has 3 rings (SSSR count). The highest BCUT2D eigenvalue weighted by atomic mass is 32.2. The Hall–Kier alpha value is -3.32. The van der Waals surface area contributed by atoms with Gasteiger partial charge in [-0.15, -0.1) is 0 Å². The van der Waals surface area contributed by atoms with Crippen LogP contribution in [0.4, 0.5) is 0 Å². The van der Waals surface area contributed by atoms with Gasteiger partial charge in [-0.05, 0) is 66.6 Å². The lowest BCUT2D eigenvalue weighted by Gasteiger charge is -2.07. The second-order valence-electron chi connectivity index (χ2n) is 6.10. The number of hydrazone groups is 1. The van der Waals surface area contributed by atoms with Crippen LogP contribution in [-0.2, 0) is 16.6 Å². The number of hydrogen-bond donors (Lipinski definition) is 1. The van der Waals surface area contributed by atoms with Crippen LogP contribution in [0.3, 0.4) is 0 Å². The van der Waals surface area contributed by atoms with E-state index in [1.54, 1.807) is 24.3 Å². The highest BCUT2D eigenvalue weighted by molar-refractivity contribution is 7.89. The molecule has 3 aromatic carbocycles. The summed E-state index contributed by atoms with van der Waals surface area (Å²) < 4.78 is 35.6. The first-order valence-electron chi connectivity index (χ1n) is 9.11. The van der Waals surface area contributed by atoms with Gasteiger partial charge in [-0.3, -0.25) is 0 Å². The van der Waals surface area contributed by atoms with Crippen molar-refractivity contribution in [2.24, 2.45) is 5.10 Å². The number of rotatable bonds is 9. The molecule has 7 heteroatoms. The van der Waals surface area contributed by atoms with Crippen LogP contribution >= 0.6 is 0 Å². The fraction of sp³-hybridized carbons (Fsp3) is 0.136. The van der Waals surface area contributed by atoms with E-state index in [2.05, 4.69) is 9.93 Å². The first-order valence-corrected chi connectivity index (χ1v) is 10.6. The number of nitrogens with one attached hydrogen (secondary N) is 1. The molecule has 6 nitrogen and oxygen atoms in total. The van der Waals surface area contributed by atoms with E-state index in [0.717, 1.165) is 16.9 Å². The van der Waals surface area contributed by atoms with Gasteiger partial charge in [-0.25, -0.2) is 4.83 Å². The van der Waals surface area contributed by atoms with Gasteiger partial charge in [0.2, 0.25) is 0 Å². The van der Waals surface area contributed by atoms with Crippen molar-refractivity contribution < 1.29 is 17.9 Å². The molecule has 0 fully saturated rings. The second-order valence-corrected chi connectivity index (χ2v) is 7.76. The Bertz CT molecular complexity index is 1030. The van der Waals surface area contributed by atoms with Crippen LogP contribution in [-0.4, -0.2) is 21.2 Å². The number of ether oxygens (including phenoxy) is 2. The summed E-state index contributed by atoms with van der Waals surface area (Å²) in [5.41, 5.74) is 1.83. The summed E-state index contributed by atoms with van der Waals surface area (Å²) in [5.74, 6) is 1.34. The zero-order valence-corrected chi connectivity index (χ0v) is 16.8. The van der Waals surface area contributed by atoms with E-state index >= 15 is 0 Å². The van der Waals surface area contributed by atoms with Crippen LogP contribution in [0, 0.1) is 0 Å². The van der Waals surface area contributed by atoms with Crippen molar-refractivity contribution in [2.75, 3.05) is 6.61 Å². The Morgan fingerprint density at radius 3 is 2.14 bits per heavy atom. The summed E-state index contributed by atoms with van der Waals surface area (Å²) in [6, 6.07) is 23.3. The van der Waals surface area contributed by atoms with E-state index in [-0.39, 0.29) is 4.90 Å². The second kappa shape index (κ2) is 9.75. The highest BCUT2D eigenvalue weighted by Crippen LogP contribution is 2.16. The molecule has 3 aromatic rings. The average Bonchev–Trinajstić information content (AvgIpc) is 2.74. The van der Waals surface area contributed by atoms with Crippen molar-refractivity contribution in [1.82, 2.24) is 4.83 Å². The van der Waals surface area contributed by atoms with Crippen LogP contribution in [0.2, 0.25) is 0 Å². The van der Waals surface area contributed by atoms with E-state index < -0.39 is 10.0 Å². The van der Waals surface area contributed by atoms with E-state index in [0.29, 0.717) is 19.0 Å². The van der Waals surface area contributed by atoms with Crippen molar-refractivity contribution >= 4 is 16.2 Å². The molecular formula is C22H22N2O4S. The van der Waals surface area contributed by atoms with Crippen molar-refractivity contribution in [3.05, 3.63) is 90.0 Å². The Morgan fingerprint density at radius 1 is 0.862 bits per heavy atom. The molecule has 29 heavy (non-hydrogen) atoms. The third kappa shape index (κ3) is 6.08. The van der Waals surface area contributed by atoms with E-state index in [9.17, 15) is 8.42 Å². The van der Waals surface area contributed by atoms with E-state index in [1.807, 2.05) is 49.4 Å². The minimum Gasteiger partial charge on any atom is -0.494 e. The number of nitrogens with zero attached hydrogens (tertiary/aromatic N) is 1. The van der Waals surface area contributed by atoms with Gasteiger partial charge in [0.25, 0.3) is 10.0 Å². The molecule has 0 aromatic heterocycles. The van der Waals surface area contributed by atoms with Gasteiger partial charge in [0.05, 0.1) is 17.7 Å². The first kappa shape index (κ1) is 20.4. The number of hydrogen-bond acceptors (Lipinski definition) is 5. The van der Waals surface area contributed by atoms with Gasteiger partial charge in [-0.1, -0.05) is 30.3 Å². The van der Waals surface area contributed by atoms with E-state index in [4.69, 9.17) is 9.47 Å². The minimum absolute atomic E-state index is 0.114. The van der Waals surface area contributed by atoms with Crippen LogP contribution in [0.25, 0.3) is 0 Å². The Labute approximate surface area is 170 Å². The summed E-state index contributed by atoms with van der Waals surface area (Å²) in [4.78, 5) is 2.32. The van der Waals surface area contributed by atoms with Gasteiger partial charge < -0.3 is 9.47 Å². The molecule has 0 saturated heterocycles. The molecule has 0 radical (unpaired) electrons. The quantitative estimate of drug-likeness (QED) is 0.428. The van der Waals surface area contributed by atoms with E-state index in [1.165, 1.54) is 18.3 Å². The summed E-state index contributed by atoms with van der Waals surface area (Å²) in [6.07, 6.45) is 1.44. The average molecular weight is 410 g/mol. The number of benzene rings is 3.